The molecule has 4 N–H and O–H groups in total. The second-order valence-corrected chi connectivity index (χ2v) is 6.95. The highest BCUT2D eigenvalue weighted by Gasteiger charge is 2.17. The number of furan rings is 1. The molecule has 3 aromatic carbocycles. The minimum atomic E-state index is -0.963. The van der Waals surface area contributed by atoms with E-state index in [0.717, 1.165) is 16.7 Å². The standard InChI is InChI=1S/C24H20N2O4/c25-13-15-4-3-6-16(10-15)17-8-9-22-19(11-17)20(14-30-22)24(29)26-21-7-2-1-5-18(21)12-23(27)28/h1-11,14H,12-13,25H2,(H,26,29)(H,27,28). The lowest BCUT2D eigenvalue weighted by Gasteiger charge is -2.09. The number of carbonyl (C=O) groups is 2. The fourth-order valence-corrected chi connectivity index (χ4v) is 3.41. The lowest BCUT2D eigenvalue weighted by molar-refractivity contribution is -0.136. The maximum Gasteiger partial charge on any atom is 0.307 e. The summed E-state index contributed by atoms with van der Waals surface area (Å²) in [5.41, 5.74) is 10.7. The molecule has 0 bridgehead atoms. The zero-order chi connectivity index (χ0) is 21.1. The zero-order valence-electron chi connectivity index (χ0n) is 16.1. The summed E-state index contributed by atoms with van der Waals surface area (Å²) in [4.78, 5) is 24.0. The van der Waals surface area contributed by atoms with E-state index in [2.05, 4.69) is 5.32 Å². The molecule has 1 aromatic heterocycles. The Morgan fingerprint density at radius 3 is 2.57 bits per heavy atom. The molecule has 6 heteroatoms. The molecule has 1 amide bonds. The summed E-state index contributed by atoms with van der Waals surface area (Å²) < 4.78 is 5.56. The van der Waals surface area contributed by atoms with Crippen molar-refractivity contribution in [1.29, 1.82) is 0 Å². The van der Waals surface area contributed by atoms with Gasteiger partial charge in [-0.1, -0.05) is 42.5 Å². The van der Waals surface area contributed by atoms with E-state index in [4.69, 9.17) is 15.3 Å². The van der Waals surface area contributed by atoms with Gasteiger partial charge in [0.05, 0.1) is 12.0 Å². The molecular weight excluding hydrogens is 380 g/mol. The van der Waals surface area contributed by atoms with Gasteiger partial charge in [-0.2, -0.15) is 0 Å². The van der Waals surface area contributed by atoms with Crippen molar-refractivity contribution in [2.45, 2.75) is 13.0 Å². The first-order chi connectivity index (χ1) is 14.5. The smallest absolute Gasteiger partial charge is 0.307 e. The van der Waals surface area contributed by atoms with Crippen molar-refractivity contribution in [1.82, 2.24) is 0 Å². The van der Waals surface area contributed by atoms with Crippen molar-refractivity contribution in [2.24, 2.45) is 5.73 Å². The highest BCUT2D eigenvalue weighted by molar-refractivity contribution is 6.13. The Hall–Kier alpha value is -3.90. The predicted octanol–water partition coefficient (Wildman–Crippen LogP) is 4.44. The highest BCUT2D eigenvalue weighted by atomic mass is 16.4. The molecule has 0 radical (unpaired) electrons. The molecule has 4 rings (SSSR count). The van der Waals surface area contributed by atoms with Crippen LogP contribution in [-0.4, -0.2) is 17.0 Å². The number of aliphatic carboxylic acids is 1. The summed E-state index contributed by atoms with van der Waals surface area (Å²) in [5.74, 6) is -1.32. The first-order valence-corrected chi connectivity index (χ1v) is 9.47. The predicted molar refractivity (Wildman–Crippen MR) is 115 cm³/mol. The Labute approximate surface area is 172 Å². The molecule has 30 heavy (non-hydrogen) atoms. The van der Waals surface area contributed by atoms with E-state index in [9.17, 15) is 9.59 Å². The lowest BCUT2D eigenvalue weighted by atomic mass is 10.0. The number of carboxylic acid groups (broad SMARTS) is 1. The number of nitrogens with one attached hydrogen (secondary N) is 1. The number of anilines is 1. The van der Waals surface area contributed by atoms with Crippen molar-refractivity contribution < 1.29 is 19.1 Å². The number of carbonyl (C=O) groups excluding carboxylic acids is 1. The van der Waals surface area contributed by atoms with Crippen LogP contribution in [-0.2, 0) is 17.8 Å². The van der Waals surface area contributed by atoms with E-state index in [-0.39, 0.29) is 12.3 Å². The Morgan fingerprint density at radius 2 is 1.77 bits per heavy atom. The summed E-state index contributed by atoms with van der Waals surface area (Å²) >= 11 is 0. The first-order valence-electron chi connectivity index (χ1n) is 9.47. The third kappa shape index (κ3) is 3.94. The van der Waals surface area contributed by atoms with Crippen molar-refractivity contribution in [2.75, 3.05) is 5.32 Å². The fourth-order valence-electron chi connectivity index (χ4n) is 3.41. The largest absolute Gasteiger partial charge is 0.481 e. The van der Waals surface area contributed by atoms with Crippen LogP contribution in [0.2, 0.25) is 0 Å². The molecule has 0 atom stereocenters. The van der Waals surface area contributed by atoms with E-state index in [1.807, 2.05) is 42.5 Å². The minimum Gasteiger partial charge on any atom is -0.481 e. The van der Waals surface area contributed by atoms with Gasteiger partial charge in [0.2, 0.25) is 0 Å². The molecule has 4 aromatic rings. The molecule has 0 aliphatic heterocycles. The van der Waals surface area contributed by atoms with Gasteiger partial charge in [-0.15, -0.1) is 0 Å². The molecule has 0 saturated heterocycles. The Balaban J connectivity index is 1.68. The number of hydrogen-bond acceptors (Lipinski definition) is 4. The van der Waals surface area contributed by atoms with Gasteiger partial charge < -0.3 is 20.6 Å². The highest BCUT2D eigenvalue weighted by Crippen LogP contribution is 2.29. The Bertz CT molecular complexity index is 1240. The van der Waals surface area contributed by atoms with Crippen LogP contribution in [0.1, 0.15) is 21.5 Å². The van der Waals surface area contributed by atoms with E-state index in [0.29, 0.717) is 34.3 Å². The monoisotopic (exact) mass is 400 g/mol. The topological polar surface area (TPSA) is 106 Å². The normalized spacial score (nSPS) is 10.8. The van der Waals surface area contributed by atoms with Crippen LogP contribution in [0.4, 0.5) is 5.69 Å². The Morgan fingerprint density at radius 1 is 0.967 bits per heavy atom. The molecule has 0 fully saturated rings. The minimum absolute atomic E-state index is 0.176. The SMILES string of the molecule is NCc1cccc(-c2ccc3occ(C(=O)Nc4ccccc4CC(=O)O)c3c2)c1. The molecule has 0 saturated carbocycles. The number of nitrogens with two attached hydrogens (primary N) is 1. The van der Waals surface area contributed by atoms with E-state index in [1.54, 1.807) is 24.3 Å². The van der Waals surface area contributed by atoms with Crippen LogP contribution in [0.3, 0.4) is 0 Å². The molecule has 1 heterocycles. The third-order valence-electron chi connectivity index (χ3n) is 4.92. The molecule has 0 aliphatic rings. The number of benzene rings is 3. The zero-order valence-corrected chi connectivity index (χ0v) is 16.1. The first kappa shape index (κ1) is 19.4. The number of para-hydroxylation sites is 1. The molecule has 150 valence electrons. The molecule has 0 spiro atoms. The number of rotatable bonds is 6. The van der Waals surface area contributed by atoms with Crippen molar-refractivity contribution >= 4 is 28.5 Å². The van der Waals surface area contributed by atoms with E-state index >= 15 is 0 Å². The van der Waals surface area contributed by atoms with E-state index in [1.165, 1.54) is 6.26 Å². The van der Waals surface area contributed by atoms with Crippen LogP contribution in [0.5, 0.6) is 0 Å². The summed E-state index contributed by atoms with van der Waals surface area (Å²) in [5, 5.41) is 12.6. The lowest BCUT2D eigenvalue weighted by Crippen LogP contribution is -2.14. The van der Waals surface area contributed by atoms with Crippen LogP contribution in [0.15, 0.2) is 77.4 Å². The van der Waals surface area contributed by atoms with E-state index < -0.39 is 5.97 Å². The van der Waals surface area contributed by atoms with Gasteiger partial charge in [0.1, 0.15) is 11.8 Å². The number of carboxylic acids is 1. The molecule has 0 unspecified atom stereocenters. The number of hydrogen-bond donors (Lipinski definition) is 3. The van der Waals surface area contributed by atoms with Gasteiger partial charge in [-0.3, -0.25) is 9.59 Å². The average molecular weight is 400 g/mol. The van der Waals surface area contributed by atoms with Gasteiger partial charge in [0, 0.05) is 17.6 Å². The van der Waals surface area contributed by atoms with Gasteiger partial charge in [0.25, 0.3) is 5.91 Å². The van der Waals surface area contributed by atoms with Crippen molar-refractivity contribution in [3.05, 3.63) is 89.7 Å². The fraction of sp³-hybridized carbons (Fsp3) is 0.0833. The second-order valence-electron chi connectivity index (χ2n) is 6.95. The average Bonchev–Trinajstić information content (AvgIpc) is 3.18. The van der Waals surface area contributed by atoms with Gasteiger partial charge in [0.15, 0.2) is 0 Å². The van der Waals surface area contributed by atoms with Gasteiger partial charge >= 0.3 is 5.97 Å². The summed E-state index contributed by atoms with van der Waals surface area (Å²) in [6.45, 7) is 0.450. The Kier molecular flexibility index (Phi) is 5.32. The van der Waals surface area contributed by atoms with Gasteiger partial charge in [-0.25, -0.2) is 0 Å². The maximum absolute atomic E-state index is 12.9. The summed E-state index contributed by atoms with van der Waals surface area (Å²) in [6, 6.07) is 20.4. The van der Waals surface area contributed by atoms with Crippen molar-refractivity contribution in [3.8, 4) is 11.1 Å². The third-order valence-corrected chi connectivity index (χ3v) is 4.92. The molecule has 6 nitrogen and oxygen atoms in total. The summed E-state index contributed by atoms with van der Waals surface area (Å²) in [6.07, 6.45) is 1.24. The second kappa shape index (κ2) is 8.23. The maximum atomic E-state index is 12.9. The summed E-state index contributed by atoms with van der Waals surface area (Å²) in [7, 11) is 0. The molecule has 0 aliphatic carbocycles. The van der Waals surface area contributed by atoms with Crippen LogP contribution in [0.25, 0.3) is 22.1 Å². The van der Waals surface area contributed by atoms with Gasteiger partial charge in [-0.05, 0) is 46.5 Å². The molecular formula is C24H20N2O4. The van der Waals surface area contributed by atoms with Crippen LogP contribution >= 0.6 is 0 Å². The van der Waals surface area contributed by atoms with Crippen molar-refractivity contribution in [3.63, 3.8) is 0 Å². The van der Waals surface area contributed by atoms with Crippen LogP contribution < -0.4 is 11.1 Å². The number of fused-ring (bicyclic) bond motifs is 1. The number of amides is 1. The quantitative estimate of drug-likeness (QED) is 0.444. The van der Waals surface area contributed by atoms with Crippen LogP contribution in [0, 0.1) is 0 Å².